The molecule has 5 N–H and O–H groups in total. The second-order valence-electron chi connectivity index (χ2n) is 7.32. The highest BCUT2D eigenvalue weighted by Gasteiger charge is 2.02. The number of benzene rings is 3. The van der Waals surface area contributed by atoms with Gasteiger partial charge in [0.1, 0.15) is 18.4 Å². The third-order valence-corrected chi connectivity index (χ3v) is 6.90. The van der Waals surface area contributed by atoms with E-state index in [9.17, 15) is 14.4 Å². The van der Waals surface area contributed by atoms with Gasteiger partial charge in [0, 0.05) is 17.1 Å². The summed E-state index contributed by atoms with van der Waals surface area (Å²) in [5.41, 5.74) is 7.38. The van der Waals surface area contributed by atoms with Crippen LogP contribution in [0.2, 0.25) is 30.1 Å². The van der Waals surface area contributed by atoms with Gasteiger partial charge in [-0.15, -0.1) is 0 Å². The number of esters is 2. The van der Waals surface area contributed by atoms with E-state index in [-0.39, 0.29) is 30.4 Å². The zero-order valence-electron chi connectivity index (χ0n) is 22.0. The minimum absolute atomic E-state index is 0.106. The summed E-state index contributed by atoms with van der Waals surface area (Å²) in [6.07, 6.45) is 0. The van der Waals surface area contributed by atoms with Crippen molar-refractivity contribution in [3.63, 3.8) is 0 Å². The first-order valence-corrected chi connectivity index (χ1v) is 14.6. The molecular formula is C26H26BrCl6N3O6. The first-order chi connectivity index (χ1) is 19.7. The molecule has 0 aliphatic rings. The number of hydrogen-bond donors (Lipinski definition) is 4. The lowest BCUT2D eigenvalue weighted by atomic mass is 10.3. The molecule has 3 rings (SSSR count). The summed E-state index contributed by atoms with van der Waals surface area (Å²) in [6, 6.07) is 14.9. The number of alkyl halides is 1. The molecule has 9 nitrogen and oxygen atoms in total. The van der Waals surface area contributed by atoms with Crippen molar-refractivity contribution < 1.29 is 29.0 Å². The number of methoxy groups -OCH3 is 2. The third-order valence-electron chi connectivity index (χ3n) is 4.23. The average Bonchev–Trinajstić information content (AvgIpc) is 2.96. The van der Waals surface area contributed by atoms with Crippen molar-refractivity contribution in [3.8, 4) is 0 Å². The van der Waals surface area contributed by atoms with Crippen LogP contribution in [0.1, 0.15) is 0 Å². The summed E-state index contributed by atoms with van der Waals surface area (Å²) in [4.78, 5) is 30.9. The van der Waals surface area contributed by atoms with Gasteiger partial charge in [0.05, 0.1) is 44.4 Å². The second kappa shape index (κ2) is 22.3. The smallest absolute Gasteiger partial charge is 0.325 e. The van der Waals surface area contributed by atoms with Crippen molar-refractivity contribution in [1.29, 1.82) is 0 Å². The zero-order chi connectivity index (χ0) is 32.2. The molecular weight excluding hydrogens is 743 g/mol. The lowest BCUT2D eigenvalue weighted by molar-refractivity contribution is -0.139. The van der Waals surface area contributed by atoms with E-state index < -0.39 is 5.97 Å². The minimum atomic E-state index is -0.925. The Morgan fingerprint density at radius 2 is 1.10 bits per heavy atom. The van der Waals surface area contributed by atoms with E-state index in [1.54, 1.807) is 54.6 Å². The second-order valence-corrected chi connectivity index (χ2v) is 10.3. The fraction of sp³-hybridized carbons (Fsp3) is 0.192. The van der Waals surface area contributed by atoms with Gasteiger partial charge in [-0.05, 0) is 54.6 Å². The van der Waals surface area contributed by atoms with Crippen molar-refractivity contribution in [2.24, 2.45) is 0 Å². The van der Waals surface area contributed by atoms with Crippen LogP contribution in [0.25, 0.3) is 0 Å². The lowest BCUT2D eigenvalue weighted by Crippen LogP contribution is -2.14. The number of carboxylic acid groups (broad SMARTS) is 1. The Morgan fingerprint density at radius 3 is 1.40 bits per heavy atom. The first-order valence-electron chi connectivity index (χ1n) is 11.2. The van der Waals surface area contributed by atoms with Crippen molar-refractivity contribution in [2.45, 2.75) is 0 Å². The highest BCUT2D eigenvalue weighted by molar-refractivity contribution is 9.09. The molecule has 0 heterocycles. The van der Waals surface area contributed by atoms with E-state index in [2.05, 4.69) is 36.0 Å². The van der Waals surface area contributed by atoms with Gasteiger partial charge >= 0.3 is 17.9 Å². The van der Waals surface area contributed by atoms with Crippen molar-refractivity contribution in [3.05, 3.63) is 84.7 Å². The predicted octanol–water partition coefficient (Wildman–Crippen LogP) is 8.20. The fourth-order valence-corrected chi connectivity index (χ4v) is 3.33. The number of ether oxygens (including phenoxy) is 2. The molecule has 0 saturated carbocycles. The number of halogens is 7. The van der Waals surface area contributed by atoms with Crippen LogP contribution in [0.15, 0.2) is 54.6 Å². The molecule has 0 spiro atoms. The largest absolute Gasteiger partial charge is 0.480 e. The third kappa shape index (κ3) is 18.3. The van der Waals surface area contributed by atoms with E-state index in [4.69, 9.17) is 80.4 Å². The highest BCUT2D eigenvalue weighted by atomic mass is 79.9. The van der Waals surface area contributed by atoms with Crippen molar-refractivity contribution >= 4 is 121 Å². The lowest BCUT2D eigenvalue weighted by Gasteiger charge is -2.05. The molecule has 3 aromatic carbocycles. The summed E-state index contributed by atoms with van der Waals surface area (Å²) in [6.45, 7) is -0.0353. The molecule has 0 aliphatic carbocycles. The Kier molecular flexibility index (Phi) is 21.0. The molecule has 230 valence electrons. The number of rotatable bonds is 7. The number of nitrogen functional groups attached to an aromatic ring is 1. The molecule has 0 aromatic heterocycles. The maximum atomic E-state index is 10.8. The van der Waals surface area contributed by atoms with Crippen LogP contribution in [0.3, 0.4) is 0 Å². The summed E-state index contributed by atoms with van der Waals surface area (Å²) < 4.78 is 8.68. The van der Waals surface area contributed by atoms with Gasteiger partial charge in [-0.2, -0.15) is 0 Å². The van der Waals surface area contributed by atoms with Gasteiger partial charge in [0.15, 0.2) is 0 Å². The van der Waals surface area contributed by atoms with E-state index in [0.29, 0.717) is 41.5 Å². The maximum absolute atomic E-state index is 10.8. The number of carbonyl (C=O) groups is 3. The number of nitrogens with one attached hydrogen (secondary N) is 2. The van der Waals surface area contributed by atoms with E-state index in [0.717, 1.165) is 5.69 Å². The van der Waals surface area contributed by atoms with Crippen molar-refractivity contribution in [1.82, 2.24) is 0 Å². The topological polar surface area (TPSA) is 140 Å². The van der Waals surface area contributed by atoms with Crippen molar-refractivity contribution in [2.75, 3.05) is 49.0 Å². The standard InChI is InChI=1S/C9H9Cl2NO2.C8H7Cl2NO2.C6H5Cl2N.C3H5BrO2/c1-14-9(13)5-12-6-2-3-7(10)8(11)4-6;9-6-2-1-5(3-7(6)10)11-4-8(12)13;7-5-2-1-4(9)3-6(5)8;1-6-3(5)2-4/h2-4,12H,5H2,1H3;1-3,11H,4H2,(H,12,13);1-3H,9H2;2H2,1H3. The predicted molar refractivity (Wildman–Crippen MR) is 176 cm³/mol. The number of aliphatic carboxylic acids is 1. The molecule has 0 aliphatic heterocycles. The van der Waals surface area contributed by atoms with Crippen LogP contribution in [0, 0.1) is 0 Å². The Labute approximate surface area is 281 Å². The Bertz CT molecular complexity index is 1310. The molecule has 0 saturated heterocycles. The normalized spacial score (nSPS) is 9.36. The number of carbonyl (C=O) groups excluding carboxylic acids is 2. The number of carboxylic acids is 1. The molecule has 0 radical (unpaired) electrons. The summed E-state index contributed by atoms with van der Waals surface area (Å²) in [5, 5.41) is 17.0. The van der Waals surface area contributed by atoms with Gasteiger partial charge < -0.3 is 30.9 Å². The summed E-state index contributed by atoms with van der Waals surface area (Å²) in [7, 11) is 2.68. The Morgan fingerprint density at radius 1 is 0.690 bits per heavy atom. The quantitative estimate of drug-likeness (QED) is 0.106. The molecule has 0 fully saturated rings. The van der Waals surface area contributed by atoms with Gasteiger partial charge in [-0.3, -0.25) is 14.4 Å². The summed E-state index contributed by atoms with van der Waals surface area (Å²) >= 11 is 37.0. The first kappa shape index (κ1) is 39.7. The molecule has 16 heteroatoms. The monoisotopic (exact) mass is 765 g/mol. The molecule has 0 atom stereocenters. The van der Waals surface area contributed by atoms with Crippen LogP contribution < -0.4 is 16.4 Å². The van der Waals surface area contributed by atoms with Gasteiger partial charge in [-0.1, -0.05) is 85.5 Å². The maximum Gasteiger partial charge on any atom is 0.325 e. The molecule has 42 heavy (non-hydrogen) atoms. The minimum Gasteiger partial charge on any atom is -0.480 e. The molecule has 0 unspecified atom stereocenters. The SMILES string of the molecule is COC(=O)CBr.COC(=O)CNc1ccc(Cl)c(Cl)c1.Nc1ccc(Cl)c(Cl)c1.O=C(O)CNc1ccc(Cl)c(Cl)c1. The van der Waals surface area contributed by atoms with E-state index >= 15 is 0 Å². The van der Waals surface area contributed by atoms with Gasteiger partial charge in [-0.25, -0.2) is 0 Å². The molecule has 0 amide bonds. The van der Waals surface area contributed by atoms with Crippen LogP contribution in [-0.2, 0) is 23.9 Å². The van der Waals surface area contributed by atoms with Gasteiger partial charge in [0.25, 0.3) is 0 Å². The Hall–Kier alpha value is -2.31. The van der Waals surface area contributed by atoms with E-state index in [1.165, 1.54) is 14.2 Å². The van der Waals surface area contributed by atoms with Crippen LogP contribution >= 0.6 is 85.5 Å². The highest BCUT2D eigenvalue weighted by Crippen LogP contribution is 2.26. The average molecular weight is 769 g/mol. The summed E-state index contributed by atoms with van der Waals surface area (Å²) in [5.74, 6) is -1.50. The zero-order valence-corrected chi connectivity index (χ0v) is 28.2. The van der Waals surface area contributed by atoms with E-state index in [1.807, 2.05) is 0 Å². The Balaban J connectivity index is 0.000000558. The van der Waals surface area contributed by atoms with Crippen LogP contribution in [-0.4, -0.2) is 55.7 Å². The number of anilines is 3. The molecule has 0 bridgehead atoms. The van der Waals surface area contributed by atoms with Gasteiger partial charge in [0.2, 0.25) is 0 Å². The van der Waals surface area contributed by atoms with Crippen LogP contribution in [0.5, 0.6) is 0 Å². The number of hydrogen-bond acceptors (Lipinski definition) is 8. The fourth-order valence-electron chi connectivity index (χ4n) is 2.20. The van der Waals surface area contributed by atoms with Crippen LogP contribution in [0.4, 0.5) is 17.1 Å². The molecule has 3 aromatic rings. The number of nitrogens with two attached hydrogens (primary N) is 1.